The van der Waals surface area contributed by atoms with Crippen LogP contribution in [0.4, 0.5) is 13.2 Å². The molecule has 7 heteroatoms. The standard InChI is InChI=1S/C16H18F3N3O/c1-10-15(23-9-11-4-6-20-7-5-11)22-13-3-2-12(16(17,18)19)8-14(13)21-10/h2-3,8,11,20H,4-7,9H2,1H3. The molecule has 1 aromatic heterocycles. The van der Waals surface area contributed by atoms with Gasteiger partial charge < -0.3 is 10.1 Å². The first kappa shape index (κ1) is 16.0. The van der Waals surface area contributed by atoms with Gasteiger partial charge in [0, 0.05) is 0 Å². The average Bonchev–Trinajstić information content (AvgIpc) is 2.52. The second-order valence-electron chi connectivity index (χ2n) is 5.82. The molecule has 1 aromatic carbocycles. The van der Waals surface area contributed by atoms with Crippen LogP contribution < -0.4 is 10.1 Å². The third kappa shape index (κ3) is 3.72. The van der Waals surface area contributed by atoms with E-state index < -0.39 is 11.7 Å². The molecule has 124 valence electrons. The molecular formula is C16H18F3N3O. The molecular weight excluding hydrogens is 307 g/mol. The van der Waals surface area contributed by atoms with Crippen LogP contribution in [0.2, 0.25) is 0 Å². The topological polar surface area (TPSA) is 47.0 Å². The van der Waals surface area contributed by atoms with E-state index in [0.717, 1.165) is 38.1 Å². The highest BCUT2D eigenvalue weighted by Crippen LogP contribution is 2.31. The van der Waals surface area contributed by atoms with Crippen LogP contribution in [0, 0.1) is 12.8 Å². The summed E-state index contributed by atoms with van der Waals surface area (Å²) in [5.74, 6) is 0.872. The number of halogens is 3. The first-order chi connectivity index (χ1) is 10.9. The molecule has 2 heterocycles. The zero-order chi connectivity index (χ0) is 16.4. The predicted molar refractivity (Wildman–Crippen MR) is 80.4 cm³/mol. The molecule has 1 N–H and O–H groups in total. The Labute approximate surface area is 132 Å². The number of aryl methyl sites for hydroxylation is 1. The summed E-state index contributed by atoms with van der Waals surface area (Å²) in [6.07, 6.45) is -2.28. The Morgan fingerprint density at radius 1 is 1.17 bits per heavy atom. The fourth-order valence-electron chi connectivity index (χ4n) is 2.68. The van der Waals surface area contributed by atoms with Crippen LogP contribution >= 0.6 is 0 Å². The maximum atomic E-state index is 12.7. The van der Waals surface area contributed by atoms with Gasteiger partial charge in [0.1, 0.15) is 5.69 Å². The van der Waals surface area contributed by atoms with Gasteiger partial charge in [-0.15, -0.1) is 0 Å². The number of nitrogens with one attached hydrogen (secondary N) is 1. The Balaban J connectivity index is 1.80. The van der Waals surface area contributed by atoms with Crippen LogP contribution in [0.1, 0.15) is 24.1 Å². The summed E-state index contributed by atoms with van der Waals surface area (Å²) < 4.78 is 44.0. The van der Waals surface area contributed by atoms with Gasteiger partial charge in [0.25, 0.3) is 0 Å². The van der Waals surface area contributed by atoms with Crippen molar-refractivity contribution >= 4 is 11.0 Å². The number of hydrogen-bond acceptors (Lipinski definition) is 4. The zero-order valence-electron chi connectivity index (χ0n) is 12.8. The SMILES string of the molecule is Cc1nc2cc(C(F)(F)F)ccc2nc1OCC1CCNCC1. The molecule has 0 amide bonds. The van der Waals surface area contributed by atoms with E-state index in [0.29, 0.717) is 29.6 Å². The Bertz CT molecular complexity index is 697. The molecule has 0 aliphatic carbocycles. The van der Waals surface area contributed by atoms with Gasteiger partial charge in [0.15, 0.2) is 0 Å². The molecule has 0 unspecified atom stereocenters. The first-order valence-electron chi connectivity index (χ1n) is 7.62. The summed E-state index contributed by atoms with van der Waals surface area (Å²) in [5, 5.41) is 3.29. The van der Waals surface area contributed by atoms with Crippen molar-refractivity contribution in [3.8, 4) is 5.88 Å². The van der Waals surface area contributed by atoms with Gasteiger partial charge >= 0.3 is 6.18 Å². The molecule has 2 aromatic rings. The molecule has 4 nitrogen and oxygen atoms in total. The lowest BCUT2D eigenvalue weighted by Crippen LogP contribution is -2.30. The van der Waals surface area contributed by atoms with E-state index >= 15 is 0 Å². The van der Waals surface area contributed by atoms with E-state index in [1.54, 1.807) is 6.92 Å². The summed E-state index contributed by atoms with van der Waals surface area (Å²) in [6, 6.07) is 3.37. The van der Waals surface area contributed by atoms with Crippen LogP contribution in [-0.4, -0.2) is 29.7 Å². The summed E-state index contributed by atoms with van der Waals surface area (Å²) in [5.41, 5.74) is 0.420. The molecule has 0 radical (unpaired) electrons. The van der Waals surface area contributed by atoms with Gasteiger partial charge in [0.05, 0.1) is 23.2 Å². The molecule has 1 aliphatic rings. The van der Waals surface area contributed by atoms with E-state index in [1.807, 2.05) is 0 Å². The van der Waals surface area contributed by atoms with Gasteiger partial charge in [-0.05, 0) is 57.0 Å². The molecule has 0 atom stereocenters. The van der Waals surface area contributed by atoms with Crippen LogP contribution in [0.15, 0.2) is 18.2 Å². The fourth-order valence-corrected chi connectivity index (χ4v) is 2.68. The first-order valence-corrected chi connectivity index (χ1v) is 7.62. The lowest BCUT2D eigenvalue weighted by molar-refractivity contribution is -0.137. The van der Waals surface area contributed by atoms with Crippen LogP contribution in [0.5, 0.6) is 5.88 Å². The number of nitrogens with zero attached hydrogens (tertiary/aromatic N) is 2. The largest absolute Gasteiger partial charge is 0.476 e. The second kappa shape index (κ2) is 6.31. The summed E-state index contributed by atoms with van der Waals surface area (Å²) in [4.78, 5) is 8.53. The molecule has 0 saturated carbocycles. The van der Waals surface area contributed by atoms with Crippen molar-refractivity contribution in [3.63, 3.8) is 0 Å². The lowest BCUT2D eigenvalue weighted by atomic mass is 9.99. The quantitative estimate of drug-likeness (QED) is 0.940. The minimum atomic E-state index is -4.38. The van der Waals surface area contributed by atoms with E-state index in [2.05, 4.69) is 15.3 Å². The van der Waals surface area contributed by atoms with Gasteiger partial charge in [0.2, 0.25) is 5.88 Å². The number of ether oxygens (including phenoxy) is 1. The van der Waals surface area contributed by atoms with E-state index in [1.165, 1.54) is 6.07 Å². The molecule has 0 bridgehead atoms. The molecule has 1 fully saturated rings. The second-order valence-corrected chi connectivity index (χ2v) is 5.82. The average molecular weight is 325 g/mol. The van der Waals surface area contributed by atoms with Crippen molar-refractivity contribution < 1.29 is 17.9 Å². The number of piperidine rings is 1. The number of hydrogen-bond donors (Lipinski definition) is 1. The number of aromatic nitrogens is 2. The highest BCUT2D eigenvalue weighted by atomic mass is 19.4. The Morgan fingerprint density at radius 2 is 1.91 bits per heavy atom. The Morgan fingerprint density at radius 3 is 2.61 bits per heavy atom. The van der Waals surface area contributed by atoms with Crippen LogP contribution in [-0.2, 0) is 6.18 Å². The number of alkyl halides is 3. The van der Waals surface area contributed by atoms with Crippen molar-refractivity contribution in [2.75, 3.05) is 19.7 Å². The minimum absolute atomic E-state index is 0.228. The van der Waals surface area contributed by atoms with Crippen molar-refractivity contribution in [1.82, 2.24) is 15.3 Å². The monoisotopic (exact) mass is 325 g/mol. The van der Waals surface area contributed by atoms with Crippen molar-refractivity contribution in [1.29, 1.82) is 0 Å². The third-order valence-corrected chi connectivity index (χ3v) is 4.04. The number of fused-ring (bicyclic) bond motifs is 1. The van der Waals surface area contributed by atoms with Gasteiger partial charge in [-0.3, -0.25) is 0 Å². The number of benzene rings is 1. The summed E-state index contributed by atoms with van der Waals surface area (Å²) in [6.45, 7) is 4.22. The van der Waals surface area contributed by atoms with E-state index in [9.17, 15) is 13.2 Å². The lowest BCUT2D eigenvalue weighted by Gasteiger charge is -2.22. The Kier molecular flexibility index (Phi) is 4.39. The normalized spacial score (nSPS) is 16.7. The van der Waals surface area contributed by atoms with E-state index in [-0.39, 0.29) is 5.52 Å². The molecule has 1 aliphatic heterocycles. The highest BCUT2D eigenvalue weighted by molar-refractivity contribution is 5.76. The van der Waals surface area contributed by atoms with Crippen molar-refractivity contribution in [3.05, 3.63) is 29.5 Å². The van der Waals surface area contributed by atoms with Crippen molar-refractivity contribution in [2.45, 2.75) is 25.9 Å². The maximum Gasteiger partial charge on any atom is 0.416 e. The molecule has 1 saturated heterocycles. The summed E-state index contributed by atoms with van der Waals surface area (Å²) >= 11 is 0. The van der Waals surface area contributed by atoms with Crippen molar-refractivity contribution in [2.24, 2.45) is 5.92 Å². The zero-order valence-corrected chi connectivity index (χ0v) is 12.8. The van der Waals surface area contributed by atoms with E-state index in [4.69, 9.17) is 4.74 Å². The Hall–Kier alpha value is -1.89. The molecule has 0 spiro atoms. The summed E-state index contributed by atoms with van der Waals surface area (Å²) in [7, 11) is 0. The van der Waals surface area contributed by atoms with Gasteiger partial charge in [-0.25, -0.2) is 9.97 Å². The predicted octanol–water partition coefficient (Wildman–Crippen LogP) is 3.34. The minimum Gasteiger partial charge on any atom is -0.476 e. The fraction of sp³-hybridized carbons (Fsp3) is 0.500. The third-order valence-electron chi connectivity index (χ3n) is 4.04. The molecule has 3 rings (SSSR count). The van der Waals surface area contributed by atoms with Crippen LogP contribution in [0.25, 0.3) is 11.0 Å². The highest BCUT2D eigenvalue weighted by Gasteiger charge is 2.30. The van der Waals surface area contributed by atoms with Gasteiger partial charge in [-0.2, -0.15) is 13.2 Å². The maximum absolute atomic E-state index is 12.7. The molecule has 23 heavy (non-hydrogen) atoms. The number of rotatable bonds is 3. The van der Waals surface area contributed by atoms with Gasteiger partial charge in [-0.1, -0.05) is 0 Å². The smallest absolute Gasteiger partial charge is 0.416 e. The van der Waals surface area contributed by atoms with Crippen LogP contribution in [0.3, 0.4) is 0 Å².